The molecule has 3 heteroatoms. The minimum atomic E-state index is 0. The van der Waals surface area contributed by atoms with Gasteiger partial charge in [-0.25, -0.2) is 0 Å². The van der Waals surface area contributed by atoms with E-state index < -0.39 is 0 Å². The first-order valence-corrected chi connectivity index (χ1v) is 7.77. The van der Waals surface area contributed by atoms with Crippen molar-refractivity contribution in [3.05, 3.63) is 65.2 Å². The largest absolute Gasteiger partial charge is 0.497 e. The van der Waals surface area contributed by atoms with E-state index >= 15 is 0 Å². The monoisotopic (exact) mass is 317 g/mol. The molecule has 2 aromatic rings. The summed E-state index contributed by atoms with van der Waals surface area (Å²) in [5.74, 6) is 0.978. The van der Waals surface area contributed by atoms with Crippen LogP contribution in [-0.2, 0) is 19.4 Å². The summed E-state index contributed by atoms with van der Waals surface area (Å²) < 4.78 is 5.31. The normalized spacial score (nSPS) is 14.0. The van der Waals surface area contributed by atoms with Crippen molar-refractivity contribution in [2.75, 3.05) is 20.2 Å². The third kappa shape index (κ3) is 4.25. The standard InChI is InChI=1S/C19H23NO.ClH/c1-21-19-10-9-18-15-20(13-11-17(18)14-19)12-5-8-16-6-3-2-4-7-16;/h2-4,6-7,9-10,14H,5,8,11-13,15H2,1H3;1H. The van der Waals surface area contributed by atoms with Crippen molar-refractivity contribution in [1.82, 2.24) is 4.90 Å². The number of ether oxygens (including phenoxy) is 1. The summed E-state index contributed by atoms with van der Waals surface area (Å²) in [4.78, 5) is 2.57. The van der Waals surface area contributed by atoms with Crippen LogP contribution < -0.4 is 4.74 Å². The third-order valence-corrected chi connectivity index (χ3v) is 4.29. The zero-order valence-electron chi connectivity index (χ0n) is 13.1. The Morgan fingerprint density at radius 3 is 2.64 bits per heavy atom. The molecule has 0 saturated heterocycles. The predicted octanol–water partition coefficient (Wildman–Crippen LogP) is 4.11. The Kier molecular flexibility index (Phi) is 6.29. The first-order valence-electron chi connectivity index (χ1n) is 7.77. The van der Waals surface area contributed by atoms with Gasteiger partial charge in [-0.2, -0.15) is 0 Å². The van der Waals surface area contributed by atoms with Gasteiger partial charge in [-0.3, -0.25) is 4.90 Å². The first kappa shape index (κ1) is 16.9. The smallest absolute Gasteiger partial charge is 0.119 e. The van der Waals surface area contributed by atoms with Crippen molar-refractivity contribution < 1.29 is 4.74 Å². The van der Waals surface area contributed by atoms with Crippen LogP contribution in [0.5, 0.6) is 5.75 Å². The molecule has 1 aliphatic heterocycles. The maximum absolute atomic E-state index is 5.31. The number of aryl methyl sites for hydroxylation is 1. The van der Waals surface area contributed by atoms with Crippen LogP contribution in [0.25, 0.3) is 0 Å². The SMILES string of the molecule is COc1ccc2c(c1)CCN(CCCc1ccccc1)C2.Cl. The fourth-order valence-corrected chi connectivity index (χ4v) is 3.06. The van der Waals surface area contributed by atoms with Crippen molar-refractivity contribution in [2.45, 2.75) is 25.8 Å². The maximum atomic E-state index is 5.31. The Bertz CT molecular complexity index is 585. The van der Waals surface area contributed by atoms with Gasteiger partial charge in [0.25, 0.3) is 0 Å². The van der Waals surface area contributed by atoms with Gasteiger partial charge < -0.3 is 4.74 Å². The molecule has 0 atom stereocenters. The molecular weight excluding hydrogens is 294 g/mol. The Morgan fingerprint density at radius 1 is 1.05 bits per heavy atom. The van der Waals surface area contributed by atoms with Crippen LogP contribution in [0.3, 0.4) is 0 Å². The van der Waals surface area contributed by atoms with Gasteiger partial charge in [-0.05, 0) is 54.6 Å². The fourth-order valence-electron chi connectivity index (χ4n) is 3.06. The van der Waals surface area contributed by atoms with Crippen LogP contribution >= 0.6 is 12.4 Å². The third-order valence-electron chi connectivity index (χ3n) is 4.29. The lowest BCUT2D eigenvalue weighted by Gasteiger charge is -2.29. The average Bonchev–Trinajstić information content (AvgIpc) is 2.55. The quantitative estimate of drug-likeness (QED) is 0.823. The number of hydrogen-bond acceptors (Lipinski definition) is 2. The lowest BCUT2D eigenvalue weighted by Crippen LogP contribution is -2.31. The summed E-state index contributed by atoms with van der Waals surface area (Å²) in [5, 5.41) is 0. The summed E-state index contributed by atoms with van der Waals surface area (Å²) in [6.07, 6.45) is 3.54. The Morgan fingerprint density at radius 2 is 1.86 bits per heavy atom. The Balaban J connectivity index is 0.00000176. The molecule has 0 saturated carbocycles. The number of rotatable bonds is 5. The van der Waals surface area contributed by atoms with Crippen LogP contribution in [0, 0.1) is 0 Å². The lowest BCUT2D eigenvalue weighted by molar-refractivity contribution is 0.251. The molecule has 1 heterocycles. The molecule has 0 N–H and O–H groups in total. The molecule has 22 heavy (non-hydrogen) atoms. The van der Waals surface area contributed by atoms with Crippen molar-refractivity contribution in [3.63, 3.8) is 0 Å². The lowest BCUT2D eigenvalue weighted by atomic mass is 9.99. The summed E-state index contributed by atoms with van der Waals surface area (Å²) in [5.41, 5.74) is 4.36. The molecule has 3 rings (SSSR count). The molecule has 0 unspecified atom stereocenters. The van der Waals surface area contributed by atoms with E-state index in [1.807, 2.05) is 0 Å². The maximum Gasteiger partial charge on any atom is 0.119 e. The molecule has 0 fully saturated rings. The van der Waals surface area contributed by atoms with Gasteiger partial charge in [0.15, 0.2) is 0 Å². The number of hydrogen-bond donors (Lipinski definition) is 0. The average molecular weight is 318 g/mol. The highest BCUT2D eigenvalue weighted by molar-refractivity contribution is 5.85. The summed E-state index contributed by atoms with van der Waals surface area (Å²) in [6.45, 7) is 3.42. The Hall–Kier alpha value is -1.51. The van der Waals surface area contributed by atoms with E-state index in [-0.39, 0.29) is 12.4 Å². The van der Waals surface area contributed by atoms with Gasteiger partial charge in [0, 0.05) is 13.1 Å². The molecule has 0 aliphatic carbocycles. The van der Waals surface area contributed by atoms with Crippen LogP contribution in [0.15, 0.2) is 48.5 Å². The van der Waals surface area contributed by atoms with Crippen LogP contribution in [0.4, 0.5) is 0 Å². The second kappa shape index (κ2) is 8.21. The number of nitrogens with zero attached hydrogens (tertiary/aromatic N) is 1. The molecule has 118 valence electrons. The molecule has 0 aromatic heterocycles. The number of methoxy groups -OCH3 is 1. The van der Waals surface area contributed by atoms with Crippen LogP contribution in [-0.4, -0.2) is 25.1 Å². The fraction of sp³-hybridized carbons (Fsp3) is 0.368. The van der Waals surface area contributed by atoms with E-state index in [9.17, 15) is 0 Å². The number of halogens is 1. The highest BCUT2D eigenvalue weighted by atomic mass is 35.5. The minimum absolute atomic E-state index is 0. The highest BCUT2D eigenvalue weighted by Crippen LogP contribution is 2.23. The second-order valence-corrected chi connectivity index (χ2v) is 5.75. The molecule has 2 aromatic carbocycles. The zero-order valence-corrected chi connectivity index (χ0v) is 13.9. The molecule has 0 spiro atoms. The zero-order chi connectivity index (χ0) is 14.5. The van der Waals surface area contributed by atoms with Crippen LogP contribution in [0.2, 0.25) is 0 Å². The summed E-state index contributed by atoms with van der Waals surface area (Å²) in [6, 6.07) is 17.3. The van der Waals surface area contributed by atoms with Crippen molar-refractivity contribution in [1.29, 1.82) is 0 Å². The van der Waals surface area contributed by atoms with E-state index in [2.05, 4.69) is 53.4 Å². The number of fused-ring (bicyclic) bond motifs is 1. The van der Waals surface area contributed by atoms with Crippen molar-refractivity contribution >= 4 is 12.4 Å². The second-order valence-electron chi connectivity index (χ2n) is 5.75. The molecular formula is C19H24ClNO. The van der Waals surface area contributed by atoms with E-state index in [0.29, 0.717) is 0 Å². The molecule has 1 aliphatic rings. The van der Waals surface area contributed by atoms with Gasteiger partial charge in [-0.15, -0.1) is 12.4 Å². The van der Waals surface area contributed by atoms with E-state index in [1.165, 1.54) is 36.1 Å². The molecule has 0 amide bonds. The summed E-state index contributed by atoms with van der Waals surface area (Å²) >= 11 is 0. The van der Waals surface area contributed by atoms with E-state index in [0.717, 1.165) is 25.3 Å². The van der Waals surface area contributed by atoms with Crippen molar-refractivity contribution in [3.8, 4) is 5.75 Å². The highest BCUT2D eigenvalue weighted by Gasteiger charge is 2.16. The van der Waals surface area contributed by atoms with E-state index in [4.69, 9.17) is 4.74 Å². The summed E-state index contributed by atoms with van der Waals surface area (Å²) in [7, 11) is 1.74. The molecule has 0 bridgehead atoms. The van der Waals surface area contributed by atoms with Crippen LogP contribution in [0.1, 0.15) is 23.1 Å². The van der Waals surface area contributed by atoms with Gasteiger partial charge in [-0.1, -0.05) is 36.4 Å². The molecule has 2 nitrogen and oxygen atoms in total. The van der Waals surface area contributed by atoms with Crippen molar-refractivity contribution in [2.24, 2.45) is 0 Å². The minimum Gasteiger partial charge on any atom is -0.497 e. The van der Waals surface area contributed by atoms with Gasteiger partial charge in [0.2, 0.25) is 0 Å². The topological polar surface area (TPSA) is 12.5 Å². The van der Waals surface area contributed by atoms with Gasteiger partial charge in [0.1, 0.15) is 5.75 Å². The predicted molar refractivity (Wildman–Crippen MR) is 94.0 cm³/mol. The molecule has 0 radical (unpaired) electrons. The van der Waals surface area contributed by atoms with Gasteiger partial charge >= 0.3 is 0 Å². The Labute approximate surface area is 139 Å². The first-order chi connectivity index (χ1) is 10.3. The number of benzene rings is 2. The van der Waals surface area contributed by atoms with E-state index in [1.54, 1.807) is 7.11 Å². The van der Waals surface area contributed by atoms with Gasteiger partial charge in [0.05, 0.1) is 7.11 Å².